The number of carbonyl (C=O) groups is 1. The Kier molecular flexibility index (Phi) is 5.83. The maximum absolute atomic E-state index is 13.0. The van der Waals surface area contributed by atoms with E-state index >= 15 is 0 Å². The molecule has 0 aliphatic heterocycles. The second-order valence-corrected chi connectivity index (χ2v) is 6.41. The Morgan fingerprint density at radius 3 is 2.65 bits per heavy atom. The molecule has 0 bridgehead atoms. The van der Waals surface area contributed by atoms with Gasteiger partial charge in [0, 0.05) is 12.1 Å². The van der Waals surface area contributed by atoms with Gasteiger partial charge in [-0.2, -0.15) is 5.26 Å². The third-order valence-corrected chi connectivity index (χ3v) is 3.98. The van der Waals surface area contributed by atoms with Gasteiger partial charge in [0.2, 0.25) is 5.88 Å². The van der Waals surface area contributed by atoms with Crippen LogP contribution in [0.3, 0.4) is 0 Å². The quantitative estimate of drug-likeness (QED) is 0.805. The Labute approximate surface area is 152 Å². The molecule has 0 saturated carbocycles. The van der Waals surface area contributed by atoms with Crippen LogP contribution in [0.4, 0.5) is 0 Å². The number of aromatic hydroxyl groups is 1. The van der Waals surface area contributed by atoms with Gasteiger partial charge in [-0.25, -0.2) is 0 Å². The number of nitrogens with zero attached hydrogens (tertiary/aromatic N) is 2. The first kappa shape index (κ1) is 19.3. The molecule has 0 radical (unpaired) electrons. The van der Waals surface area contributed by atoms with Crippen LogP contribution in [0.15, 0.2) is 29.1 Å². The number of hydrogen-bond donors (Lipinski definition) is 1. The maximum atomic E-state index is 13.0. The molecular weight excluding hydrogens is 332 g/mol. The van der Waals surface area contributed by atoms with Crippen molar-refractivity contribution in [3.63, 3.8) is 0 Å². The number of pyridine rings is 1. The fraction of sp³-hybridized carbons (Fsp3) is 0.350. The fourth-order valence-corrected chi connectivity index (χ4v) is 2.80. The number of hydrogen-bond acceptors (Lipinski definition) is 5. The van der Waals surface area contributed by atoms with Crippen LogP contribution in [0.5, 0.6) is 11.6 Å². The van der Waals surface area contributed by atoms with Crippen LogP contribution in [0.2, 0.25) is 0 Å². The second-order valence-electron chi connectivity index (χ2n) is 6.41. The van der Waals surface area contributed by atoms with Crippen molar-refractivity contribution in [2.24, 2.45) is 5.92 Å². The van der Waals surface area contributed by atoms with Gasteiger partial charge in [0.25, 0.3) is 5.56 Å². The molecule has 0 unspecified atom stereocenters. The summed E-state index contributed by atoms with van der Waals surface area (Å²) in [7, 11) is 0. The summed E-state index contributed by atoms with van der Waals surface area (Å²) in [4.78, 5) is 25.5. The summed E-state index contributed by atoms with van der Waals surface area (Å²) >= 11 is 0. The summed E-state index contributed by atoms with van der Waals surface area (Å²) in [6.07, 6.45) is 0. The van der Waals surface area contributed by atoms with Gasteiger partial charge in [-0.3, -0.25) is 14.2 Å². The van der Waals surface area contributed by atoms with E-state index in [1.54, 1.807) is 24.3 Å². The van der Waals surface area contributed by atoms with E-state index < -0.39 is 17.2 Å². The molecule has 26 heavy (non-hydrogen) atoms. The molecule has 2 rings (SSSR count). The standard InChI is InChI=1S/C20H22N2O4/c1-5-26-15-8-6-7-14(9-15)18(23)17-13(4)16(10-21)19(24)22(20(17)25)11-12(2)3/h6-9,12,25H,5,11H2,1-4H3. The molecule has 1 N–H and O–H groups in total. The minimum atomic E-state index is -0.587. The van der Waals surface area contributed by atoms with Crippen molar-refractivity contribution >= 4 is 5.78 Å². The first-order valence-electron chi connectivity index (χ1n) is 8.45. The van der Waals surface area contributed by atoms with Gasteiger partial charge in [0.15, 0.2) is 5.78 Å². The zero-order valence-corrected chi connectivity index (χ0v) is 15.4. The highest BCUT2D eigenvalue weighted by atomic mass is 16.5. The molecule has 1 heterocycles. The lowest BCUT2D eigenvalue weighted by atomic mass is 9.97. The van der Waals surface area contributed by atoms with Crippen LogP contribution in [0.25, 0.3) is 0 Å². The highest BCUT2D eigenvalue weighted by molar-refractivity contribution is 6.11. The minimum absolute atomic E-state index is 0.0320. The minimum Gasteiger partial charge on any atom is -0.494 e. The fourth-order valence-electron chi connectivity index (χ4n) is 2.80. The molecule has 0 aliphatic rings. The topological polar surface area (TPSA) is 92.3 Å². The molecule has 6 heteroatoms. The lowest BCUT2D eigenvalue weighted by Gasteiger charge is -2.17. The summed E-state index contributed by atoms with van der Waals surface area (Å²) in [6, 6.07) is 8.45. The second kappa shape index (κ2) is 7.87. The lowest BCUT2D eigenvalue weighted by Crippen LogP contribution is -2.28. The Hall–Kier alpha value is -3.07. The van der Waals surface area contributed by atoms with Crippen LogP contribution in [-0.4, -0.2) is 22.1 Å². The van der Waals surface area contributed by atoms with Crippen molar-refractivity contribution in [1.82, 2.24) is 4.57 Å². The van der Waals surface area contributed by atoms with E-state index in [0.29, 0.717) is 17.9 Å². The molecule has 0 fully saturated rings. The summed E-state index contributed by atoms with van der Waals surface area (Å²) in [5.41, 5.74) is -0.256. The zero-order valence-electron chi connectivity index (χ0n) is 15.4. The summed E-state index contributed by atoms with van der Waals surface area (Å²) in [6.45, 7) is 7.76. The van der Waals surface area contributed by atoms with Gasteiger partial charge in [-0.05, 0) is 37.5 Å². The number of rotatable bonds is 6. The number of carbonyl (C=O) groups excluding carboxylic acids is 1. The van der Waals surface area contributed by atoms with E-state index in [-0.39, 0.29) is 29.2 Å². The first-order chi connectivity index (χ1) is 12.3. The van der Waals surface area contributed by atoms with E-state index in [2.05, 4.69) is 0 Å². The number of aromatic nitrogens is 1. The van der Waals surface area contributed by atoms with Gasteiger partial charge < -0.3 is 9.84 Å². The third kappa shape index (κ3) is 3.62. The number of ketones is 1. The van der Waals surface area contributed by atoms with E-state index in [0.717, 1.165) is 4.57 Å². The first-order valence-corrected chi connectivity index (χ1v) is 8.45. The molecule has 1 aromatic heterocycles. The van der Waals surface area contributed by atoms with Crippen molar-refractivity contribution in [3.8, 4) is 17.7 Å². The number of benzene rings is 1. The summed E-state index contributed by atoms with van der Waals surface area (Å²) < 4.78 is 6.50. The predicted octanol–water partition coefficient (Wildman–Crippen LogP) is 3.02. The van der Waals surface area contributed by atoms with Crippen LogP contribution < -0.4 is 10.3 Å². The van der Waals surface area contributed by atoms with Crippen molar-refractivity contribution in [2.45, 2.75) is 34.2 Å². The molecule has 2 aromatic rings. The molecule has 0 spiro atoms. The van der Waals surface area contributed by atoms with E-state index in [4.69, 9.17) is 4.74 Å². The van der Waals surface area contributed by atoms with Gasteiger partial charge >= 0.3 is 0 Å². The smallest absolute Gasteiger partial charge is 0.271 e. The van der Waals surface area contributed by atoms with E-state index in [1.807, 2.05) is 26.8 Å². The Balaban J connectivity index is 2.69. The Morgan fingerprint density at radius 2 is 2.08 bits per heavy atom. The highest BCUT2D eigenvalue weighted by Gasteiger charge is 2.25. The van der Waals surface area contributed by atoms with Crippen molar-refractivity contribution in [2.75, 3.05) is 6.61 Å². The Morgan fingerprint density at radius 1 is 1.38 bits per heavy atom. The van der Waals surface area contributed by atoms with Gasteiger partial charge in [0.05, 0.1) is 12.2 Å². The normalized spacial score (nSPS) is 10.6. The molecular formula is C20H22N2O4. The molecule has 0 amide bonds. The molecule has 1 aromatic carbocycles. The third-order valence-electron chi connectivity index (χ3n) is 3.98. The zero-order chi connectivity index (χ0) is 19.4. The van der Waals surface area contributed by atoms with Crippen LogP contribution in [-0.2, 0) is 6.54 Å². The molecule has 0 atom stereocenters. The lowest BCUT2D eigenvalue weighted by molar-refractivity contribution is 0.103. The highest BCUT2D eigenvalue weighted by Crippen LogP contribution is 2.26. The molecule has 6 nitrogen and oxygen atoms in total. The molecule has 0 saturated heterocycles. The van der Waals surface area contributed by atoms with Crippen molar-refractivity contribution in [3.05, 3.63) is 56.9 Å². The number of ether oxygens (including phenoxy) is 1. The van der Waals surface area contributed by atoms with Gasteiger partial charge in [0.1, 0.15) is 17.4 Å². The van der Waals surface area contributed by atoms with E-state index in [9.17, 15) is 20.0 Å². The van der Waals surface area contributed by atoms with E-state index in [1.165, 1.54) is 6.92 Å². The monoisotopic (exact) mass is 354 g/mol. The van der Waals surface area contributed by atoms with Crippen LogP contribution in [0.1, 0.15) is 47.8 Å². The average molecular weight is 354 g/mol. The Bertz CT molecular complexity index is 936. The number of nitriles is 1. The molecule has 136 valence electrons. The van der Waals surface area contributed by atoms with Gasteiger partial charge in [-0.1, -0.05) is 26.0 Å². The summed E-state index contributed by atoms with van der Waals surface area (Å²) in [5.74, 6) is -0.286. The van der Waals surface area contributed by atoms with Crippen LogP contribution >= 0.6 is 0 Å². The van der Waals surface area contributed by atoms with Crippen molar-refractivity contribution < 1.29 is 14.6 Å². The molecule has 0 aliphatic carbocycles. The summed E-state index contributed by atoms with van der Waals surface area (Å²) in [5, 5.41) is 20.0. The largest absolute Gasteiger partial charge is 0.494 e. The SMILES string of the molecule is CCOc1cccc(C(=O)c2c(C)c(C#N)c(=O)n(CC(C)C)c2O)c1. The van der Waals surface area contributed by atoms with Crippen LogP contribution in [0, 0.1) is 24.2 Å². The van der Waals surface area contributed by atoms with Gasteiger partial charge in [-0.15, -0.1) is 0 Å². The predicted molar refractivity (Wildman–Crippen MR) is 97.7 cm³/mol. The van der Waals surface area contributed by atoms with Crippen molar-refractivity contribution in [1.29, 1.82) is 5.26 Å². The average Bonchev–Trinajstić information content (AvgIpc) is 2.59. The maximum Gasteiger partial charge on any atom is 0.271 e.